The summed E-state index contributed by atoms with van der Waals surface area (Å²) in [5, 5.41) is 2.80. The van der Waals surface area contributed by atoms with E-state index in [4.69, 9.17) is 5.73 Å². The molecule has 0 aliphatic heterocycles. The molecule has 6 heteroatoms. The van der Waals surface area contributed by atoms with E-state index in [9.17, 15) is 4.79 Å². The summed E-state index contributed by atoms with van der Waals surface area (Å²) in [4.78, 5) is 16.0. The fraction of sp³-hybridized carbons (Fsp3) is 0.0769. The third-order valence-electron chi connectivity index (χ3n) is 2.57. The molecule has 0 spiro atoms. The lowest BCUT2D eigenvalue weighted by Gasteiger charge is -2.10. The third-order valence-corrected chi connectivity index (χ3v) is 3.66. The summed E-state index contributed by atoms with van der Waals surface area (Å²) in [5.41, 5.74) is 8.52. The lowest BCUT2D eigenvalue weighted by molar-refractivity contribution is 0.102. The monoisotopic (exact) mass is 383 g/mol. The van der Waals surface area contributed by atoms with Gasteiger partial charge in [0.05, 0.1) is 11.3 Å². The van der Waals surface area contributed by atoms with Crippen LogP contribution in [0.4, 0.5) is 11.4 Å². The number of hydrogen-bond acceptors (Lipinski definition) is 3. The van der Waals surface area contributed by atoms with Crippen LogP contribution < -0.4 is 11.1 Å². The van der Waals surface area contributed by atoms with Crippen LogP contribution in [0.5, 0.6) is 0 Å². The van der Waals surface area contributed by atoms with Gasteiger partial charge in [-0.1, -0.05) is 0 Å². The molecule has 3 N–H and O–H groups in total. The molecule has 2 aromatic rings. The molecule has 0 bridgehead atoms. The molecule has 0 aliphatic rings. The van der Waals surface area contributed by atoms with E-state index in [-0.39, 0.29) is 5.91 Å². The first kappa shape index (κ1) is 14.0. The van der Waals surface area contributed by atoms with Crippen molar-refractivity contribution in [3.05, 3.63) is 50.7 Å². The van der Waals surface area contributed by atoms with Crippen molar-refractivity contribution in [1.82, 2.24) is 4.98 Å². The van der Waals surface area contributed by atoms with Gasteiger partial charge >= 0.3 is 0 Å². The predicted octanol–water partition coefficient (Wildman–Crippen LogP) is 3.75. The topological polar surface area (TPSA) is 68.0 Å². The highest BCUT2D eigenvalue weighted by atomic mass is 79.9. The fourth-order valence-electron chi connectivity index (χ4n) is 1.52. The van der Waals surface area contributed by atoms with Crippen molar-refractivity contribution < 1.29 is 4.79 Å². The Bertz CT molecular complexity index is 644. The first-order valence-electron chi connectivity index (χ1n) is 5.45. The van der Waals surface area contributed by atoms with Gasteiger partial charge in [0.15, 0.2) is 0 Å². The Labute approximate surface area is 127 Å². The maximum absolute atomic E-state index is 12.1. The smallest absolute Gasteiger partial charge is 0.257 e. The molecule has 2 rings (SSSR count). The quantitative estimate of drug-likeness (QED) is 0.774. The van der Waals surface area contributed by atoms with Crippen molar-refractivity contribution in [2.75, 3.05) is 11.1 Å². The fourth-order valence-corrected chi connectivity index (χ4v) is 2.44. The zero-order valence-corrected chi connectivity index (χ0v) is 13.2. The van der Waals surface area contributed by atoms with Crippen LogP contribution in [0.1, 0.15) is 15.9 Å². The molecule has 19 heavy (non-hydrogen) atoms. The van der Waals surface area contributed by atoms with Crippen LogP contribution >= 0.6 is 31.9 Å². The van der Waals surface area contributed by atoms with Crippen molar-refractivity contribution in [2.24, 2.45) is 0 Å². The molecule has 1 heterocycles. The van der Waals surface area contributed by atoms with Gasteiger partial charge in [0, 0.05) is 27.0 Å². The number of halogens is 2. The van der Waals surface area contributed by atoms with Gasteiger partial charge in [-0.2, -0.15) is 0 Å². The van der Waals surface area contributed by atoms with Crippen molar-refractivity contribution >= 4 is 49.1 Å². The number of amides is 1. The summed E-state index contributed by atoms with van der Waals surface area (Å²) in [7, 11) is 0. The van der Waals surface area contributed by atoms with Crippen LogP contribution in [0.3, 0.4) is 0 Å². The number of hydrogen-bond donors (Lipinski definition) is 2. The lowest BCUT2D eigenvalue weighted by atomic mass is 10.2. The highest BCUT2D eigenvalue weighted by Crippen LogP contribution is 2.28. The van der Waals surface area contributed by atoms with E-state index < -0.39 is 0 Å². The lowest BCUT2D eigenvalue weighted by Crippen LogP contribution is -2.13. The van der Waals surface area contributed by atoms with E-state index in [1.165, 1.54) is 6.20 Å². The largest absolute Gasteiger partial charge is 0.398 e. The maximum atomic E-state index is 12.1. The van der Waals surface area contributed by atoms with E-state index in [0.717, 1.165) is 14.5 Å². The number of aromatic nitrogens is 1. The van der Waals surface area contributed by atoms with Crippen molar-refractivity contribution in [3.63, 3.8) is 0 Å². The summed E-state index contributed by atoms with van der Waals surface area (Å²) >= 11 is 6.68. The second kappa shape index (κ2) is 5.71. The molecule has 4 nitrogen and oxygen atoms in total. The van der Waals surface area contributed by atoms with Gasteiger partial charge in [-0.15, -0.1) is 0 Å². The van der Waals surface area contributed by atoms with Crippen LogP contribution in [0.2, 0.25) is 0 Å². The van der Waals surface area contributed by atoms with Crippen molar-refractivity contribution in [3.8, 4) is 0 Å². The minimum atomic E-state index is -0.238. The Morgan fingerprint density at radius 2 is 2.00 bits per heavy atom. The number of carbonyl (C=O) groups excluding carboxylic acids is 1. The highest BCUT2D eigenvalue weighted by Gasteiger charge is 2.10. The molecular formula is C13H11Br2N3O. The van der Waals surface area contributed by atoms with Crippen molar-refractivity contribution in [2.45, 2.75) is 6.92 Å². The number of nitrogen functional groups attached to an aromatic ring is 1. The first-order valence-corrected chi connectivity index (χ1v) is 7.03. The Morgan fingerprint density at radius 1 is 1.26 bits per heavy atom. The van der Waals surface area contributed by atoms with Gasteiger partial charge in [0.2, 0.25) is 0 Å². The molecule has 0 atom stereocenters. The molecule has 0 unspecified atom stereocenters. The molecule has 98 valence electrons. The number of nitrogens with zero attached hydrogens (tertiary/aromatic N) is 1. The second-order valence-electron chi connectivity index (χ2n) is 4.03. The number of nitrogens with one attached hydrogen (secondary N) is 1. The number of anilines is 2. The number of aryl methyl sites for hydroxylation is 1. The van der Waals surface area contributed by atoms with Gasteiger partial charge in [-0.05, 0) is 62.5 Å². The molecule has 0 fully saturated rings. The standard InChI is InChI=1S/C13H11Br2N3O/c1-7-2-10(15)12(4-11(7)16)18-13(19)8-3-9(14)6-17-5-8/h2-6H,16H2,1H3,(H,18,19). The van der Waals surface area contributed by atoms with Crippen LogP contribution in [-0.2, 0) is 0 Å². The number of carbonyl (C=O) groups is 1. The Balaban J connectivity index is 2.27. The van der Waals surface area contributed by atoms with Crippen molar-refractivity contribution in [1.29, 1.82) is 0 Å². The molecule has 0 aliphatic carbocycles. The average molecular weight is 385 g/mol. The van der Waals surface area contributed by atoms with Crippen LogP contribution in [0.15, 0.2) is 39.5 Å². The molecular weight excluding hydrogens is 374 g/mol. The highest BCUT2D eigenvalue weighted by molar-refractivity contribution is 9.10. The van der Waals surface area contributed by atoms with Crippen LogP contribution in [-0.4, -0.2) is 10.9 Å². The van der Waals surface area contributed by atoms with E-state index in [1.807, 2.05) is 13.0 Å². The minimum absolute atomic E-state index is 0.238. The van der Waals surface area contributed by atoms with E-state index in [0.29, 0.717) is 16.9 Å². The maximum Gasteiger partial charge on any atom is 0.257 e. The zero-order chi connectivity index (χ0) is 14.0. The Morgan fingerprint density at radius 3 is 2.68 bits per heavy atom. The van der Waals surface area contributed by atoms with Gasteiger partial charge in [-0.25, -0.2) is 0 Å². The number of nitrogens with two attached hydrogens (primary N) is 1. The number of pyridine rings is 1. The average Bonchev–Trinajstić information content (AvgIpc) is 2.36. The van der Waals surface area contributed by atoms with E-state index >= 15 is 0 Å². The van der Waals surface area contributed by atoms with Gasteiger partial charge < -0.3 is 11.1 Å². The molecule has 0 saturated heterocycles. The molecule has 1 aromatic heterocycles. The number of rotatable bonds is 2. The van der Waals surface area contributed by atoms with Crippen LogP contribution in [0.25, 0.3) is 0 Å². The summed E-state index contributed by atoms with van der Waals surface area (Å²) in [6.45, 7) is 1.91. The predicted molar refractivity (Wildman–Crippen MR) is 83.2 cm³/mol. The Kier molecular flexibility index (Phi) is 4.21. The van der Waals surface area contributed by atoms with Gasteiger partial charge in [-0.3, -0.25) is 9.78 Å². The molecule has 0 radical (unpaired) electrons. The van der Waals surface area contributed by atoms with Gasteiger partial charge in [0.1, 0.15) is 0 Å². The molecule has 0 saturated carbocycles. The number of benzene rings is 1. The summed E-state index contributed by atoms with van der Waals surface area (Å²) < 4.78 is 1.54. The summed E-state index contributed by atoms with van der Waals surface area (Å²) in [6, 6.07) is 5.29. The normalized spacial score (nSPS) is 10.3. The first-order chi connectivity index (χ1) is 8.97. The third kappa shape index (κ3) is 3.33. The minimum Gasteiger partial charge on any atom is -0.398 e. The zero-order valence-electron chi connectivity index (χ0n) is 10.1. The van der Waals surface area contributed by atoms with E-state index in [2.05, 4.69) is 42.2 Å². The van der Waals surface area contributed by atoms with E-state index in [1.54, 1.807) is 18.3 Å². The Hall–Kier alpha value is -1.40. The summed E-state index contributed by atoms with van der Waals surface area (Å²) in [5.74, 6) is -0.238. The SMILES string of the molecule is Cc1cc(Br)c(NC(=O)c2cncc(Br)c2)cc1N. The molecule has 1 aromatic carbocycles. The summed E-state index contributed by atoms with van der Waals surface area (Å²) in [6.07, 6.45) is 3.13. The van der Waals surface area contributed by atoms with Crippen LogP contribution in [0, 0.1) is 6.92 Å². The molecule has 1 amide bonds. The van der Waals surface area contributed by atoms with Gasteiger partial charge in [0.25, 0.3) is 5.91 Å². The second-order valence-corrected chi connectivity index (χ2v) is 5.80.